The van der Waals surface area contributed by atoms with E-state index in [1.807, 2.05) is 23.5 Å². The summed E-state index contributed by atoms with van der Waals surface area (Å²) in [6, 6.07) is 0. The zero-order chi connectivity index (χ0) is 13.0. The molecule has 1 fully saturated rings. The summed E-state index contributed by atoms with van der Waals surface area (Å²) in [5.41, 5.74) is 1.89. The maximum absolute atomic E-state index is 10.4. The van der Waals surface area contributed by atoms with E-state index < -0.39 is 5.60 Å². The molecular weight excluding hydrogens is 246 g/mol. The molecule has 2 heterocycles. The van der Waals surface area contributed by atoms with Gasteiger partial charge in [-0.15, -0.1) is 0 Å². The summed E-state index contributed by atoms with van der Waals surface area (Å²) < 4.78 is 1.86. The second-order valence-electron chi connectivity index (χ2n) is 5.07. The fraction of sp³-hybridized carbons (Fsp3) is 0.769. The Balaban J connectivity index is 1.84. The first kappa shape index (κ1) is 13.9. The molecule has 0 saturated carbocycles. The minimum absolute atomic E-state index is 0.500. The molecule has 0 bridgehead atoms. The van der Waals surface area contributed by atoms with Crippen molar-refractivity contribution in [3.05, 3.63) is 17.5 Å². The summed E-state index contributed by atoms with van der Waals surface area (Å²) in [5.74, 6) is 2.15. The Morgan fingerprint density at radius 1 is 1.50 bits per heavy atom. The number of hydrogen-bond donors (Lipinski definition) is 2. The van der Waals surface area contributed by atoms with E-state index in [1.165, 1.54) is 5.56 Å². The molecule has 0 spiro atoms. The molecule has 0 radical (unpaired) electrons. The molecule has 0 atom stereocenters. The molecule has 1 aliphatic rings. The maximum Gasteiger partial charge on any atom is 0.0787 e. The fourth-order valence-electron chi connectivity index (χ4n) is 2.39. The van der Waals surface area contributed by atoms with E-state index in [0.29, 0.717) is 6.54 Å². The van der Waals surface area contributed by atoms with Crippen LogP contribution in [0, 0.1) is 0 Å². The van der Waals surface area contributed by atoms with Gasteiger partial charge >= 0.3 is 0 Å². The number of aryl methyl sites for hydroxylation is 2. The molecule has 0 unspecified atom stereocenters. The molecule has 18 heavy (non-hydrogen) atoms. The molecule has 102 valence electrons. The summed E-state index contributed by atoms with van der Waals surface area (Å²) in [6.45, 7) is 3.61. The Morgan fingerprint density at radius 3 is 2.89 bits per heavy atom. The van der Waals surface area contributed by atoms with Crippen LogP contribution in [0.4, 0.5) is 0 Å². The SMILES string of the molecule is CCc1nn(C)cc1CNCC1(O)CCSCC1. The lowest BCUT2D eigenvalue weighted by molar-refractivity contribution is 0.0320. The number of hydrogen-bond acceptors (Lipinski definition) is 4. The third-order valence-electron chi connectivity index (χ3n) is 3.52. The van der Waals surface area contributed by atoms with Crippen molar-refractivity contribution in [3.8, 4) is 0 Å². The van der Waals surface area contributed by atoms with Crippen LogP contribution >= 0.6 is 11.8 Å². The average molecular weight is 269 g/mol. The number of thioether (sulfide) groups is 1. The van der Waals surface area contributed by atoms with E-state index in [4.69, 9.17) is 0 Å². The van der Waals surface area contributed by atoms with Crippen molar-refractivity contribution in [2.24, 2.45) is 7.05 Å². The van der Waals surface area contributed by atoms with Gasteiger partial charge in [-0.3, -0.25) is 4.68 Å². The normalized spacial score (nSPS) is 19.1. The highest BCUT2D eigenvalue weighted by atomic mass is 32.2. The van der Waals surface area contributed by atoms with Crippen LogP contribution in [0.2, 0.25) is 0 Å². The molecule has 4 nitrogen and oxygen atoms in total. The Morgan fingerprint density at radius 2 is 2.22 bits per heavy atom. The monoisotopic (exact) mass is 269 g/mol. The third kappa shape index (κ3) is 3.49. The van der Waals surface area contributed by atoms with Crippen LogP contribution in [0.25, 0.3) is 0 Å². The zero-order valence-electron chi connectivity index (χ0n) is 11.3. The standard InChI is InChI=1S/C13H23N3OS/c1-3-12-11(9-16(2)15-12)8-14-10-13(17)4-6-18-7-5-13/h9,14,17H,3-8,10H2,1-2H3. The molecule has 1 aliphatic heterocycles. The van der Waals surface area contributed by atoms with Crippen LogP contribution in [-0.4, -0.2) is 38.5 Å². The number of aliphatic hydroxyl groups is 1. The van der Waals surface area contributed by atoms with Crippen LogP contribution in [0.15, 0.2) is 6.20 Å². The molecule has 0 aliphatic carbocycles. The van der Waals surface area contributed by atoms with E-state index in [2.05, 4.69) is 23.5 Å². The molecule has 0 aromatic carbocycles. The third-order valence-corrected chi connectivity index (χ3v) is 4.51. The second-order valence-corrected chi connectivity index (χ2v) is 6.29. The van der Waals surface area contributed by atoms with Crippen LogP contribution in [0.3, 0.4) is 0 Å². The van der Waals surface area contributed by atoms with Gasteiger partial charge in [0.15, 0.2) is 0 Å². The van der Waals surface area contributed by atoms with Crippen molar-refractivity contribution in [1.82, 2.24) is 15.1 Å². The first-order valence-corrected chi connectivity index (χ1v) is 7.81. The van der Waals surface area contributed by atoms with Crippen molar-refractivity contribution in [2.75, 3.05) is 18.1 Å². The van der Waals surface area contributed by atoms with Crippen molar-refractivity contribution in [2.45, 2.75) is 38.3 Å². The highest BCUT2D eigenvalue weighted by Gasteiger charge is 2.28. The fourth-order valence-corrected chi connectivity index (χ4v) is 3.64. The summed E-state index contributed by atoms with van der Waals surface area (Å²) in [6.07, 6.45) is 4.82. The van der Waals surface area contributed by atoms with E-state index in [-0.39, 0.29) is 0 Å². The number of rotatable bonds is 5. The quantitative estimate of drug-likeness (QED) is 0.847. The van der Waals surface area contributed by atoms with Crippen molar-refractivity contribution in [1.29, 1.82) is 0 Å². The lowest BCUT2D eigenvalue weighted by Gasteiger charge is -2.31. The first-order valence-electron chi connectivity index (χ1n) is 6.65. The van der Waals surface area contributed by atoms with Gasteiger partial charge in [-0.2, -0.15) is 16.9 Å². The van der Waals surface area contributed by atoms with Gasteiger partial charge < -0.3 is 10.4 Å². The summed E-state index contributed by atoms with van der Waals surface area (Å²) >= 11 is 1.94. The van der Waals surface area contributed by atoms with Gasteiger partial charge in [-0.05, 0) is 30.8 Å². The average Bonchev–Trinajstić information content (AvgIpc) is 2.70. The molecule has 1 aromatic heterocycles. The van der Waals surface area contributed by atoms with Gasteiger partial charge in [0.1, 0.15) is 0 Å². The number of nitrogens with zero attached hydrogens (tertiary/aromatic N) is 2. The van der Waals surface area contributed by atoms with Crippen LogP contribution in [0.5, 0.6) is 0 Å². The van der Waals surface area contributed by atoms with E-state index >= 15 is 0 Å². The van der Waals surface area contributed by atoms with E-state index in [0.717, 1.165) is 43.0 Å². The Kier molecular flexibility index (Phi) is 4.70. The van der Waals surface area contributed by atoms with Gasteiger partial charge in [0.05, 0.1) is 11.3 Å². The maximum atomic E-state index is 10.4. The lowest BCUT2D eigenvalue weighted by atomic mass is 9.97. The van der Waals surface area contributed by atoms with Gasteiger partial charge in [0, 0.05) is 31.9 Å². The Labute approximate surface area is 113 Å². The predicted octanol–water partition coefficient (Wildman–Crippen LogP) is 1.33. The van der Waals surface area contributed by atoms with Gasteiger partial charge in [0.25, 0.3) is 0 Å². The smallest absolute Gasteiger partial charge is 0.0787 e. The molecule has 5 heteroatoms. The van der Waals surface area contributed by atoms with Gasteiger partial charge in [-0.25, -0.2) is 0 Å². The molecule has 0 amide bonds. The van der Waals surface area contributed by atoms with Crippen LogP contribution in [-0.2, 0) is 20.0 Å². The van der Waals surface area contributed by atoms with E-state index in [9.17, 15) is 5.11 Å². The largest absolute Gasteiger partial charge is 0.389 e. The summed E-state index contributed by atoms with van der Waals surface area (Å²) in [5, 5.41) is 18.2. The highest BCUT2D eigenvalue weighted by Crippen LogP contribution is 2.26. The Hall–Kier alpha value is -0.520. The lowest BCUT2D eigenvalue weighted by Crippen LogP contribution is -2.43. The van der Waals surface area contributed by atoms with Crippen LogP contribution in [0.1, 0.15) is 31.0 Å². The molecule has 1 saturated heterocycles. The topological polar surface area (TPSA) is 50.1 Å². The second kappa shape index (κ2) is 6.08. The van der Waals surface area contributed by atoms with E-state index in [1.54, 1.807) is 0 Å². The summed E-state index contributed by atoms with van der Waals surface area (Å²) in [7, 11) is 1.95. The first-order chi connectivity index (χ1) is 8.63. The molecular formula is C13H23N3OS. The van der Waals surface area contributed by atoms with Crippen LogP contribution < -0.4 is 5.32 Å². The van der Waals surface area contributed by atoms with Crippen molar-refractivity contribution in [3.63, 3.8) is 0 Å². The molecule has 1 aromatic rings. The van der Waals surface area contributed by atoms with Gasteiger partial charge in [-0.1, -0.05) is 6.92 Å². The number of nitrogens with one attached hydrogen (secondary N) is 1. The van der Waals surface area contributed by atoms with Crippen molar-refractivity contribution < 1.29 is 5.11 Å². The minimum atomic E-state index is -0.500. The number of aromatic nitrogens is 2. The highest BCUT2D eigenvalue weighted by molar-refractivity contribution is 7.99. The predicted molar refractivity (Wildman–Crippen MR) is 75.8 cm³/mol. The zero-order valence-corrected chi connectivity index (χ0v) is 12.1. The minimum Gasteiger partial charge on any atom is -0.389 e. The summed E-state index contributed by atoms with van der Waals surface area (Å²) in [4.78, 5) is 0. The Bertz CT molecular complexity index is 386. The molecule has 2 N–H and O–H groups in total. The van der Waals surface area contributed by atoms with Crippen molar-refractivity contribution >= 4 is 11.8 Å². The van der Waals surface area contributed by atoms with Gasteiger partial charge in [0.2, 0.25) is 0 Å². The molecule has 2 rings (SSSR count).